The van der Waals surface area contributed by atoms with E-state index in [2.05, 4.69) is 25.5 Å². The lowest BCUT2D eigenvalue weighted by Gasteiger charge is -2.25. The number of anilines is 1. The van der Waals surface area contributed by atoms with Crippen molar-refractivity contribution >= 4 is 38.3 Å². The third-order valence-corrected chi connectivity index (χ3v) is 7.60. The Morgan fingerprint density at radius 2 is 1.87 bits per heavy atom. The molecule has 3 N–H and O–H groups in total. The first kappa shape index (κ1) is 21.7. The summed E-state index contributed by atoms with van der Waals surface area (Å²) in [5, 5.41) is 0.735. The second-order valence-corrected chi connectivity index (χ2v) is 10.0. The highest BCUT2D eigenvalue weighted by atomic mass is 32.2. The lowest BCUT2D eigenvalue weighted by Crippen LogP contribution is -2.41. The molecule has 1 aromatic heterocycles. The predicted molar refractivity (Wildman–Crippen MR) is 115 cm³/mol. The summed E-state index contributed by atoms with van der Waals surface area (Å²) in [6, 6.07) is 5.63. The van der Waals surface area contributed by atoms with Gasteiger partial charge in [0.2, 0.25) is 10.0 Å². The van der Waals surface area contributed by atoms with Crippen LogP contribution < -0.4 is 20.5 Å². The van der Waals surface area contributed by atoms with E-state index in [0.717, 1.165) is 18.0 Å². The molecule has 2 fully saturated rings. The molecule has 1 aromatic carbocycles. The molecule has 0 bridgehead atoms. The number of thiazole rings is 1. The first-order valence-corrected chi connectivity index (χ1v) is 12.2. The third kappa shape index (κ3) is 5.21. The van der Waals surface area contributed by atoms with Crippen LogP contribution in [0.25, 0.3) is 0 Å². The Morgan fingerprint density at radius 3 is 2.58 bits per heavy atom. The molecule has 166 valence electrons. The maximum atomic E-state index is 12.5. The van der Waals surface area contributed by atoms with Crippen LogP contribution in [0.4, 0.5) is 5.13 Å². The molecular formula is C19H23N5O5S2. The SMILES string of the molecule is Cc1nc(N2CCOCC2)sc1C(=O)NNC(=O)c1cccc(S(=O)(=O)NC2CC2)c1. The van der Waals surface area contributed by atoms with Crippen molar-refractivity contribution < 1.29 is 22.7 Å². The molecule has 0 spiro atoms. The van der Waals surface area contributed by atoms with Gasteiger partial charge in [0.15, 0.2) is 5.13 Å². The van der Waals surface area contributed by atoms with Gasteiger partial charge in [-0.05, 0) is 38.0 Å². The predicted octanol–water partition coefficient (Wildman–Crippen LogP) is 0.804. The highest BCUT2D eigenvalue weighted by molar-refractivity contribution is 7.89. The second-order valence-electron chi connectivity index (χ2n) is 7.34. The quantitative estimate of drug-likeness (QED) is 0.538. The van der Waals surface area contributed by atoms with Gasteiger partial charge >= 0.3 is 0 Å². The van der Waals surface area contributed by atoms with E-state index < -0.39 is 21.8 Å². The standard InChI is InChI=1S/C19H23N5O5S2/c1-12-16(30-19(20-12)24-7-9-29-10-8-24)18(26)22-21-17(25)13-3-2-4-15(11-13)31(27,28)23-14-5-6-14/h2-4,11,14,23H,5-10H2,1H3,(H,21,25)(H,22,26). The number of hydrogen-bond acceptors (Lipinski definition) is 8. The number of carbonyl (C=O) groups is 2. The molecule has 0 unspecified atom stereocenters. The summed E-state index contributed by atoms with van der Waals surface area (Å²) >= 11 is 1.25. The van der Waals surface area contributed by atoms with E-state index in [-0.39, 0.29) is 16.5 Å². The van der Waals surface area contributed by atoms with Crippen molar-refractivity contribution in [2.24, 2.45) is 0 Å². The molecule has 4 rings (SSSR count). The minimum atomic E-state index is -3.68. The Morgan fingerprint density at radius 1 is 1.16 bits per heavy atom. The summed E-state index contributed by atoms with van der Waals surface area (Å²) in [5.41, 5.74) is 5.40. The second kappa shape index (κ2) is 8.91. The zero-order valence-corrected chi connectivity index (χ0v) is 18.5. The van der Waals surface area contributed by atoms with Crippen molar-refractivity contribution in [3.05, 3.63) is 40.4 Å². The molecule has 1 aliphatic heterocycles. The van der Waals surface area contributed by atoms with E-state index in [1.807, 2.05) is 0 Å². The van der Waals surface area contributed by atoms with Crippen LogP contribution in [0.1, 0.15) is 38.6 Å². The number of aromatic nitrogens is 1. The number of ether oxygens (including phenoxy) is 1. The van der Waals surface area contributed by atoms with Crippen molar-refractivity contribution in [2.45, 2.75) is 30.7 Å². The number of benzene rings is 1. The van der Waals surface area contributed by atoms with Crippen LogP contribution in [0, 0.1) is 6.92 Å². The summed E-state index contributed by atoms with van der Waals surface area (Å²) in [4.78, 5) is 31.9. The van der Waals surface area contributed by atoms with Gasteiger partial charge in [-0.15, -0.1) is 0 Å². The topological polar surface area (TPSA) is 130 Å². The van der Waals surface area contributed by atoms with Crippen LogP contribution in [-0.2, 0) is 14.8 Å². The first-order chi connectivity index (χ1) is 14.8. The van der Waals surface area contributed by atoms with Gasteiger partial charge in [0.1, 0.15) is 4.88 Å². The fourth-order valence-electron chi connectivity index (χ4n) is 3.02. The number of carbonyl (C=O) groups excluding carboxylic acids is 2. The van der Waals surface area contributed by atoms with Gasteiger partial charge in [0.05, 0.1) is 23.8 Å². The van der Waals surface area contributed by atoms with Crippen LogP contribution in [0.2, 0.25) is 0 Å². The summed E-state index contributed by atoms with van der Waals surface area (Å²) in [6.45, 7) is 4.37. The molecule has 2 aliphatic rings. The maximum Gasteiger partial charge on any atom is 0.281 e. The fourth-order valence-corrected chi connectivity index (χ4v) is 5.38. The number of sulfonamides is 1. The molecule has 0 atom stereocenters. The van der Waals surface area contributed by atoms with Gasteiger partial charge in [-0.3, -0.25) is 20.4 Å². The number of nitrogens with zero attached hydrogens (tertiary/aromatic N) is 2. The van der Waals surface area contributed by atoms with Crippen molar-refractivity contribution in [2.75, 3.05) is 31.2 Å². The number of hydrogen-bond donors (Lipinski definition) is 3. The van der Waals surface area contributed by atoms with Crippen molar-refractivity contribution in [1.82, 2.24) is 20.6 Å². The number of hydrazine groups is 1. The zero-order chi connectivity index (χ0) is 22.0. The number of aryl methyl sites for hydroxylation is 1. The van der Waals surface area contributed by atoms with E-state index >= 15 is 0 Å². The summed E-state index contributed by atoms with van der Waals surface area (Å²) in [6.07, 6.45) is 1.63. The number of rotatable bonds is 6. The van der Waals surface area contributed by atoms with Crippen LogP contribution in [0.5, 0.6) is 0 Å². The highest BCUT2D eigenvalue weighted by Gasteiger charge is 2.28. The van der Waals surface area contributed by atoms with Gasteiger partial charge in [-0.2, -0.15) is 0 Å². The van der Waals surface area contributed by atoms with Gasteiger partial charge in [-0.25, -0.2) is 18.1 Å². The minimum Gasteiger partial charge on any atom is -0.378 e. The zero-order valence-electron chi connectivity index (χ0n) is 16.9. The highest BCUT2D eigenvalue weighted by Crippen LogP contribution is 2.26. The molecule has 10 nitrogen and oxygen atoms in total. The van der Waals surface area contributed by atoms with Crippen molar-refractivity contribution in [1.29, 1.82) is 0 Å². The summed E-state index contributed by atoms with van der Waals surface area (Å²) in [5.74, 6) is -1.10. The molecule has 2 heterocycles. The molecule has 2 amide bonds. The Labute approximate surface area is 184 Å². The average Bonchev–Trinajstić information content (AvgIpc) is 3.49. The lowest BCUT2D eigenvalue weighted by atomic mass is 10.2. The Balaban J connectivity index is 1.39. The van der Waals surface area contributed by atoms with E-state index in [4.69, 9.17) is 4.74 Å². The molecule has 2 aromatic rings. The molecule has 1 aliphatic carbocycles. The van der Waals surface area contributed by atoms with E-state index in [1.165, 1.54) is 35.6 Å². The number of amides is 2. The minimum absolute atomic E-state index is 0.00632. The van der Waals surface area contributed by atoms with E-state index in [1.54, 1.807) is 6.92 Å². The largest absolute Gasteiger partial charge is 0.378 e. The van der Waals surface area contributed by atoms with Gasteiger partial charge in [0.25, 0.3) is 11.8 Å². The van der Waals surface area contributed by atoms with Gasteiger partial charge < -0.3 is 9.64 Å². The van der Waals surface area contributed by atoms with Crippen LogP contribution in [0.15, 0.2) is 29.2 Å². The van der Waals surface area contributed by atoms with Gasteiger partial charge in [-0.1, -0.05) is 17.4 Å². The monoisotopic (exact) mass is 465 g/mol. The number of morpholine rings is 1. The molecule has 1 saturated heterocycles. The molecular weight excluding hydrogens is 442 g/mol. The van der Waals surface area contributed by atoms with Crippen LogP contribution in [-0.4, -0.2) is 57.6 Å². The Hall–Kier alpha value is -2.54. The normalized spacial score (nSPS) is 16.7. The molecule has 31 heavy (non-hydrogen) atoms. The lowest BCUT2D eigenvalue weighted by molar-refractivity contribution is 0.0848. The molecule has 0 radical (unpaired) electrons. The Kier molecular flexibility index (Phi) is 6.23. The fraction of sp³-hybridized carbons (Fsp3) is 0.421. The van der Waals surface area contributed by atoms with Crippen molar-refractivity contribution in [3.63, 3.8) is 0 Å². The first-order valence-electron chi connectivity index (χ1n) is 9.87. The van der Waals surface area contributed by atoms with Crippen LogP contribution >= 0.6 is 11.3 Å². The molecule has 1 saturated carbocycles. The maximum absolute atomic E-state index is 12.5. The average molecular weight is 466 g/mol. The third-order valence-electron chi connectivity index (χ3n) is 4.87. The van der Waals surface area contributed by atoms with Crippen LogP contribution in [0.3, 0.4) is 0 Å². The van der Waals surface area contributed by atoms with Crippen molar-refractivity contribution in [3.8, 4) is 0 Å². The number of nitrogens with one attached hydrogen (secondary N) is 3. The summed E-state index contributed by atoms with van der Waals surface area (Å²) < 4.78 is 32.6. The summed E-state index contributed by atoms with van der Waals surface area (Å²) in [7, 11) is -3.68. The Bertz CT molecular complexity index is 1090. The van der Waals surface area contributed by atoms with E-state index in [0.29, 0.717) is 36.9 Å². The molecule has 12 heteroatoms. The smallest absolute Gasteiger partial charge is 0.281 e. The van der Waals surface area contributed by atoms with Gasteiger partial charge in [0, 0.05) is 24.7 Å². The van der Waals surface area contributed by atoms with E-state index in [9.17, 15) is 18.0 Å².